The fourth-order valence-corrected chi connectivity index (χ4v) is 3.04. The van der Waals surface area contributed by atoms with Crippen LogP contribution in [0.3, 0.4) is 0 Å². The Balaban J connectivity index is 2.00. The lowest BCUT2D eigenvalue weighted by molar-refractivity contribution is 0.0949. The zero-order chi connectivity index (χ0) is 14.4. The van der Waals surface area contributed by atoms with Crippen molar-refractivity contribution in [3.63, 3.8) is 0 Å². The average Bonchev–Trinajstić information content (AvgIpc) is 2.66. The van der Waals surface area contributed by atoms with Crippen LogP contribution in [0.1, 0.15) is 43.6 Å². The van der Waals surface area contributed by atoms with Crippen LogP contribution in [0, 0.1) is 23.7 Å². The normalized spacial score (nSPS) is 20.1. The van der Waals surface area contributed by atoms with Crippen LogP contribution >= 0.6 is 0 Å². The summed E-state index contributed by atoms with van der Waals surface area (Å²) in [6, 6.07) is 4.83. The summed E-state index contributed by atoms with van der Waals surface area (Å²) < 4.78 is 0. The molecule has 1 aliphatic carbocycles. The van der Waals surface area contributed by atoms with E-state index in [9.17, 15) is 9.90 Å². The Morgan fingerprint density at radius 2 is 1.84 bits per heavy atom. The molecule has 0 aliphatic heterocycles. The van der Waals surface area contributed by atoms with E-state index in [-0.39, 0.29) is 22.5 Å². The number of hydrogen-bond donors (Lipinski definition) is 2. The molecule has 0 spiro atoms. The van der Waals surface area contributed by atoms with Gasteiger partial charge in [-0.1, -0.05) is 27.7 Å². The van der Waals surface area contributed by atoms with E-state index < -0.39 is 0 Å². The average molecular weight is 261 g/mol. The first-order chi connectivity index (χ1) is 8.68. The zero-order valence-corrected chi connectivity index (χ0v) is 12.4. The second-order valence-electron chi connectivity index (χ2n) is 6.71. The molecule has 3 heteroatoms. The van der Waals surface area contributed by atoms with Gasteiger partial charge in [-0.05, 0) is 47.4 Å². The van der Waals surface area contributed by atoms with E-state index >= 15 is 0 Å². The summed E-state index contributed by atoms with van der Waals surface area (Å²) in [7, 11) is 0. The zero-order valence-electron chi connectivity index (χ0n) is 12.4. The fourth-order valence-electron chi connectivity index (χ4n) is 3.04. The number of carbonyl (C=O) groups excluding carboxylic acids is 1. The maximum atomic E-state index is 12.1. The summed E-state index contributed by atoms with van der Waals surface area (Å²) >= 11 is 0. The number of aromatic hydroxyl groups is 1. The van der Waals surface area contributed by atoms with Crippen LogP contribution in [0.15, 0.2) is 18.2 Å². The maximum absolute atomic E-state index is 12.1. The van der Waals surface area contributed by atoms with Crippen LogP contribution in [0.2, 0.25) is 0 Å². The lowest BCUT2D eigenvalue weighted by Crippen LogP contribution is -2.27. The van der Waals surface area contributed by atoms with Crippen molar-refractivity contribution in [3.8, 4) is 5.75 Å². The van der Waals surface area contributed by atoms with Gasteiger partial charge < -0.3 is 10.4 Å². The van der Waals surface area contributed by atoms with E-state index in [1.54, 1.807) is 18.2 Å². The Morgan fingerprint density at radius 3 is 2.32 bits per heavy atom. The van der Waals surface area contributed by atoms with Crippen molar-refractivity contribution in [1.29, 1.82) is 0 Å². The topological polar surface area (TPSA) is 49.3 Å². The quantitative estimate of drug-likeness (QED) is 0.878. The van der Waals surface area contributed by atoms with Gasteiger partial charge in [-0.15, -0.1) is 0 Å². The molecular formula is C16H23NO2. The molecule has 1 fully saturated rings. The number of phenolic OH excluding ortho intramolecular Hbond substituents is 1. The number of amides is 1. The van der Waals surface area contributed by atoms with Crippen LogP contribution in [0.25, 0.3) is 0 Å². The maximum Gasteiger partial charge on any atom is 0.251 e. The highest BCUT2D eigenvalue weighted by Gasteiger charge is 2.64. The summed E-state index contributed by atoms with van der Waals surface area (Å²) in [6.07, 6.45) is 0. The minimum Gasteiger partial charge on any atom is -0.508 e. The van der Waals surface area contributed by atoms with Crippen LogP contribution < -0.4 is 5.32 Å². The van der Waals surface area contributed by atoms with Crippen molar-refractivity contribution >= 4 is 5.91 Å². The van der Waals surface area contributed by atoms with E-state index in [4.69, 9.17) is 0 Å². The van der Waals surface area contributed by atoms with Gasteiger partial charge >= 0.3 is 0 Å². The second-order valence-corrected chi connectivity index (χ2v) is 6.71. The molecule has 3 nitrogen and oxygen atoms in total. The molecule has 1 aromatic rings. The molecule has 1 aliphatic rings. The van der Waals surface area contributed by atoms with Gasteiger partial charge in [-0.2, -0.15) is 0 Å². The van der Waals surface area contributed by atoms with Crippen LogP contribution in [-0.2, 0) is 0 Å². The molecule has 0 bridgehead atoms. The molecule has 2 N–H and O–H groups in total. The minimum atomic E-state index is -0.0593. The summed E-state index contributed by atoms with van der Waals surface area (Å²) in [4.78, 5) is 12.1. The van der Waals surface area contributed by atoms with E-state index in [0.29, 0.717) is 18.0 Å². The highest BCUT2D eigenvalue weighted by molar-refractivity contribution is 5.95. The Labute approximate surface area is 115 Å². The van der Waals surface area contributed by atoms with E-state index in [1.807, 2.05) is 6.92 Å². The third-order valence-corrected chi connectivity index (χ3v) is 5.24. The Morgan fingerprint density at radius 1 is 1.26 bits per heavy atom. The van der Waals surface area contributed by atoms with Crippen molar-refractivity contribution < 1.29 is 9.90 Å². The number of aryl methyl sites for hydroxylation is 1. The first-order valence-corrected chi connectivity index (χ1v) is 6.75. The summed E-state index contributed by atoms with van der Waals surface area (Å²) in [5, 5.41) is 12.4. The van der Waals surface area contributed by atoms with Crippen LogP contribution in [0.4, 0.5) is 0 Å². The monoisotopic (exact) mass is 261 g/mol. The van der Waals surface area contributed by atoms with Crippen molar-refractivity contribution in [2.24, 2.45) is 16.7 Å². The summed E-state index contributed by atoms with van der Waals surface area (Å²) in [5.41, 5.74) is 2.00. The first-order valence-electron chi connectivity index (χ1n) is 6.75. The second kappa shape index (κ2) is 4.26. The predicted octanol–water partition coefficient (Wildman–Crippen LogP) is 3.11. The highest BCUT2D eigenvalue weighted by atomic mass is 16.3. The fraction of sp³-hybridized carbons (Fsp3) is 0.562. The molecule has 0 unspecified atom stereocenters. The highest BCUT2D eigenvalue weighted by Crippen LogP contribution is 2.67. The number of rotatable bonds is 3. The molecule has 104 valence electrons. The molecule has 1 aromatic carbocycles. The standard InChI is InChI=1S/C16H23NO2/c1-10-8-11(18)6-7-12(10)14(19)17-9-13-15(2,3)16(13,4)5/h6-8,13,18H,9H2,1-5H3,(H,17,19). The third kappa shape index (κ3) is 2.22. The number of carbonyl (C=O) groups is 1. The van der Waals surface area contributed by atoms with Gasteiger partial charge in [-0.3, -0.25) is 4.79 Å². The van der Waals surface area contributed by atoms with E-state index in [2.05, 4.69) is 33.0 Å². The number of hydrogen-bond acceptors (Lipinski definition) is 2. The van der Waals surface area contributed by atoms with Crippen molar-refractivity contribution in [1.82, 2.24) is 5.32 Å². The smallest absolute Gasteiger partial charge is 0.251 e. The lowest BCUT2D eigenvalue weighted by atomic mass is 10.0. The predicted molar refractivity (Wildman–Crippen MR) is 76.2 cm³/mol. The SMILES string of the molecule is Cc1cc(O)ccc1C(=O)NCC1C(C)(C)C1(C)C. The number of phenols is 1. The summed E-state index contributed by atoms with van der Waals surface area (Å²) in [5.74, 6) is 0.649. The molecule has 19 heavy (non-hydrogen) atoms. The number of benzene rings is 1. The molecule has 2 rings (SSSR count). The molecule has 0 aromatic heterocycles. The lowest BCUT2D eigenvalue weighted by Gasteiger charge is -2.09. The molecule has 0 saturated heterocycles. The van der Waals surface area contributed by atoms with Crippen molar-refractivity contribution in [3.05, 3.63) is 29.3 Å². The third-order valence-electron chi connectivity index (χ3n) is 5.24. The molecular weight excluding hydrogens is 238 g/mol. The van der Waals surface area contributed by atoms with Gasteiger partial charge in [0, 0.05) is 12.1 Å². The molecule has 0 atom stereocenters. The minimum absolute atomic E-state index is 0.0593. The molecule has 0 heterocycles. The van der Waals surface area contributed by atoms with Crippen LogP contribution in [-0.4, -0.2) is 17.6 Å². The van der Waals surface area contributed by atoms with Gasteiger partial charge in [0.25, 0.3) is 5.91 Å². The largest absolute Gasteiger partial charge is 0.508 e. The molecule has 0 radical (unpaired) electrons. The van der Waals surface area contributed by atoms with E-state index in [0.717, 1.165) is 5.56 Å². The van der Waals surface area contributed by atoms with Crippen molar-refractivity contribution in [2.45, 2.75) is 34.6 Å². The number of nitrogens with one attached hydrogen (secondary N) is 1. The van der Waals surface area contributed by atoms with Gasteiger partial charge in [0.1, 0.15) is 5.75 Å². The van der Waals surface area contributed by atoms with Crippen LogP contribution in [0.5, 0.6) is 5.75 Å². The van der Waals surface area contributed by atoms with Gasteiger partial charge in [0.05, 0.1) is 0 Å². The molecule has 1 amide bonds. The van der Waals surface area contributed by atoms with Gasteiger partial charge in [0.15, 0.2) is 0 Å². The Kier molecular flexibility index (Phi) is 3.12. The first kappa shape index (κ1) is 13.9. The Hall–Kier alpha value is -1.51. The molecule has 1 saturated carbocycles. The van der Waals surface area contributed by atoms with Gasteiger partial charge in [0.2, 0.25) is 0 Å². The Bertz CT molecular complexity index is 503. The van der Waals surface area contributed by atoms with Gasteiger partial charge in [-0.25, -0.2) is 0 Å². The summed E-state index contributed by atoms with van der Waals surface area (Å²) in [6.45, 7) is 11.5. The van der Waals surface area contributed by atoms with E-state index in [1.165, 1.54) is 0 Å². The van der Waals surface area contributed by atoms with Crippen molar-refractivity contribution in [2.75, 3.05) is 6.54 Å².